The molecule has 162 valence electrons. The van der Waals surface area contributed by atoms with Crippen molar-refractivity contribution < 1.29 is 18.9 Å². The summed E-state index contributed by atoms with van der Waals surface area (Å²) in [5.41, 5.74) is 4.52. The normalized spacial score (nSPS) is 15.2. The third-order valence-corrected chi connectivity index (χ3v) is 6.24. The number of nitrogens with one attached hydrogen (secondary N) is 1. The number of benzene rings is 3. The first-order valence-corrected chi connectivity index (χ1v) is 11.0. The van der Waals surface area contributed by atoms with Gasteiger partial charge in [0, 0.05) is 16.6 Å². The van der Waals surface area contributed by atoms with Gasteiger partial charge in [-0.3, -0.25) is 0 Å². The number of methoxy groups -OCH3 is 3. The molecule has 1 atom stereocenters. The van der Waals surface area contributed by atoms with E-state index in [-0.39, 0.29) is 6.04 Å². The smallest absolute Gasteiger partial charge is 0.164 e. The summed E-state index contributed by atoms with van der Waals surface area (Å²) in [5, 5.41) is 3.63. The first kappa shape index (κ1) is 21.5. The molecule has 1 unspecified atom stereocenters. The number of rotatable bonds is 7. The highest BCUT2D eigenvalue weighted by molar-refractivity contribution is 9.10. The van der Waals surface area contributed by atoms with E-state index in [1.807, 2.05) is 48.5 Å². The Kier molecular flexibility index (Phi) is 6.68. The standard InChI is InChI=1S/C25H26BrNO4/c1-28-21-10-9-17-18(25(21)30-3)11-12-27-24(17)19-13-22(29-2)23(14-20(19)26)31-15-16-7-5-4-6-8-16/h4-10,13-14,24,27H,11-12,15H2,1-3H3. The van der Waals surface area contributed by atoms with E-state index in [0.717, 1.165) is 40.1 Å². The molecule has 1 aliphatic heterocycles. The van der Waals surface area contributed by atoms with Crippen molar-refractivity contribution in [3.63, 3.8) is 0 Å². The van der Waals surface area contributed by atoms with Crippen LogP contribution in [-0.4, -0.2) is 27.9 Å². The lowest BCUT2D eigenvalue weighted by Crippen LogP contribution is -2.31. The first-order chi connectivity index (χ1) is 15.2. The molecule has 0 saturated heterocycles. The Bertz CT molecular complexity index is 1060. The summed E-state index contributed by atoms with van der Waals surface area (Å²) < 4.78 is 23.9. The molecule has 0 saturated carbocycles. The summed E-state index contributed by atoms with van der Waals surface area (Å²) in [7, 11) is 5.02. The van der Waals surface area contributed by atoms with Gasteiger partial charge >= 0.3 is 0 Å². The van der Waals surface area contributed by atoms with Gasteiger partial charge in [-0.2, -0.15) is 0 Å². The van der Waals surface area contributed by atoms with Gasteiger partial charge < -0.3 is 24.3 Å². The molecule has 1 heterocycles. The summed E-state index contributed by atoms with van der Waals surface area (Å²) in [4.78, 5) is 0. The molecule has 0 amide bonds. The van der Waals surface area contributed by atoms with Crippen LogP contribution in [0.4, 0.5) is 0 Å². The van der Waals surface area contributed by atoms with Crippen molar-refractivity contribution in [3.8, 4) is 23.0 Å². The number of halogens is 1. The molecule has 0 spiro atoms. The zero-order chi connectivity index (χ0) is 21.8. The van der Waals surface area contributed by atoms with Gasteiger partial charge in [-0.05, 0) is 41.3 Å². The summed E-state index contributed by atoms with van der Waals surface area (Å²) in [5.74, 6) is 2.95. The molecule has 1 aliphatic rings. The number of hydrogen-bond acceptors (Lipinski definition) is 5. The van der Waals surface area contributed by atoms with Crippen molar-refractivity contribution >= 4 is 15.9 Å². The van der Waals surface area contributed by atoms with Gasteiger partial charge in [0.25, 0.3) is 0 Å². The van der Waals surface area contributed by atoms with Gasteiger partial charge in [-0.25, -0.2) is 0 Å². The Hall–Kier alpha value is -2.70. The zero-order valence-electron chi connectivity index (χ0n) is 17.9. The van der Waals surface area contributed by atoms with Gasteiger partial charge in [-0.1, -0.05) is 52.3 Å². The molecule has 3 aromatic rings. The van der Waals surface area contributed by atoms with E-state index in [0.29, 0.717) is 18.1 Å². The topological polar surface area (TPSA) is 49.0 Å². The average molecular weight is 484 g/mol. The minimum Gasteiger partial charge on any atom is -0.493 e. The molecule has 1 N–H and O–H groups in total. The lowest BCUT2D eigenvalue weighted by molar-refractivity contribution is 0.284. The van der Waals surface area contributed by atoms with Crippen LogP contribution in [0.5, 0.6) is 23.0 Å². The second kappa shape index (κ2) is 9.62. The molecular formula is C25H26BrNO4. The summed E-state index contributed by atoms with van der Waals surface area (Å²) in [6.45, 7) is 1.31. The van der Waals surface area contributed by atoms with Crippen LogP contribution >= 0.6 is 15.9 Å². The first-order valence-electron chi connectivity index (χ1n) is 10.2. The second-order valence-corrected chi connectivity index (χ2v) is 8.16. The van der Waals surface area contributed by atoms with E-state index in [4.69, 9.17) is 18.9 Å². The Morgan fingerprint density at radius 2 is 1.65 bits per heavy atom. The highest BCUT2D eigenvalue weighted by atomic mass is 79.9. The van der Waals surface area contributed by atoms with Crippen molar-refractivity contribution in [1.29, 1.82) is 0 Å². The van der Waals surface area contributed by atoms with Crippen LogP contribution in [0, 0.1) is 0 Å². The van der Waals surface area contributed by atoms with Gasteiger partial charge in [0.05, 0.1) is 27.4 Å². The predicted octanol–water partition coefficient (Wildman–Crippen LogP) is 5.29. The maximum absolute atomic E-state index is 6.06. The number of fused-ring (bicyclic) bond motifs is 1. The van der Waals surface area contributed by atoms with Gasteiger partial charge in [0.1, 0.15) is 6.61 Å². The Morgan fingerprint density at radius 3 is 2.35 bits per heavy atom. The number of hydrogen-bond donors (Lipinski definition) is 1. The van der Waals surface area contributed by atoms with E-state index < -0.39 is 0 Å². The van der Waals surface area contributed by atoms with Gasteiger partial charge in [0.2, 0.25) is 0 Å². The van der Waals surface area contributed by atoms with Crippen LogP contribution < -0.4 is 24.3 Å². The molecule has 0 fully saturated rings. The van der Waals surface area contributed by atoms with Crippen LogP contribution in [0.25, 0.3) is 0 Å². The van der Waals surface area contributed by atoms with Crippen molar-refractivity contribution in [2.75, 3.05) is 27.9 Å². The molecule has 31 heavy (non-hydrogen) atoms. The van der Waals surface area contributed by atoms with E-state index in [2.05, 4.69) is 27.3 Å². The zero-order valence-corrected chi connectivity index (χ0v) is 19.5. The minimum atomic E-state index is -0.00463. The Balaban J connectivity index is 1.68. The predicted molar refractivity (Wildman–Crippen MR) is 125 cm³/mol. The molecule has 3 aromatic carbocycles. The molecule has 5 nitrogen and oxygen atoms in total. The van der Waals surface area contributed by atoms with E-state index in [1.165, 1.54) is 11.1 Å². The van der Waals surface area contributed by atoms with E-state index >= 15 is 0 Å². The molecule has 6 heteroatoms. The number of ether oxygens (including phenoxy) is 4. The van der Waals surface area contributed by atoms with E-state index in [1.54, 1.807) is 21.3 Å². The lowest BCUT2D eigenvalue weighted by Gasteiger charge is -2.30. The van der Waals surface area contributed by atoms with Gasteiger partial charge in [-0.15, -0.1) is 0 Å². The van der Waals surface area contributed by atoms with Crippen molar-refractivity contribution in [1.82, 2.24) is 5.32 Å². The Morgan fingerprint density at radius 1 is 0.871 bits per heavy atom. The van der Waals surface area contributed by atoms with Gasteiger partial charge in [0.15, 0.2) is 23.0 Å². The van der Waals surface area contributed by atoms with E-state index in [9.17, 15) is 0 Å². The highest BCUT2D eigenvalue weighted by Gasteiger charge is 2.28. The summed E-state index contributed by atoms with van der Waals surface area (Å²) >= 11 is 3.76. The third kappa shape index (κ3) is 4.36. The fraction of sp³-hybridized carbons (Fsp3) is 0.280. The largest absolute Gasteiger partial charge is 0.493 e. The minimum absolute atomic E-state index is 0.00463. The van der Waals surface area contributed by atoms with Crippen LogP contribution in [0.2, 0.25) is 0 Å². The van der Waals surface area contributed by atoms with Crippen molar-refractivity contribution in [3.05, 3.63) is 81.3 Å². The maximum Gasteiger partial charge on any atom is 0.164 e. The molecule has 0 aromatic heterocycles. The van der Waals surface area contributed by atoms with Crippen molar-refractivity contribution in [2.45, 2.75) is 19.1 Å². The van der Waals surface area contributed by atoms with Crippen LogP contribution in [0.3, 0.4) is 0 Å². The molecular weight excluding hydrogens is 458 g/mol. The quantitative estimate of drug-likeness (QED) is 0.494. The summed E-state index contributed by atoms with van der Waals surface area (Å²) in [6, 6.07) is 18.2. The van der Waals surface area contributed by atoms with Crippen molar-refractivity contribution in [2.24, 2.45) is 0 Å². The highest BCUT2D eigenvalue weighted by Crippen LogP contribution is 2.43. The summed E-state index contributed by atoms with van der Waals surface area (Å²) in [6.07, 6.45) is 0.874. The molecule has 0 bridgehead atoms. The lowest BCUT2D eigenvalue weighted by atomic mass is 9.88. The maximum atomic E-state index is 6.06. The van der Waals surface area contributed by atoms with Crippen LogP contribution in [-0.2, 0) is 13.0 Å². The molecule has 4 rings (SSSR count). The van der Waals surface area contributed by atoms with Crippen LogP contribution in [0.15, 0.2) is 59.1 Å². The SMILES string of the molecule is COc1cc(C2NCCc3c2ccc(OC)c3OC)c(Br)cc1OCc1ccccc1. The third-order valence-electron chi connectivity index (χ3n) is 5.55. The fourth-order valence-electron chi connectivity index (χ4n) is 4.04. The average Bonchev–Trinajstić information content (AvgIpc) is 2.82. The Labute approximate surface area is 191 Å². The second-order valence-electron chi connectivity index (χ2n) is 7.30. The van der Waals surface area contributed by atoms with Crippen LogP contribution in [0.1, 0.15) is 28.3 Å². The fourth-order valence-corrected chi connectivity index (χ4v) is 4.59. The monoisotopic (exact) mass is 483 g/mol. The molecule has 0 aliphatic carbocycles. The molecule has 0 radical (unpaired) electrons.